The van der Waals surface area contributed by atoms with Crippen LogP contribution in [0.15, 0.2) is 22.7 Å². The van der Waals surface area contributed by atoms with Crippen molar-refractivity contribution in [1.29, 1.82) is 0 Å². The van der Waals surface area contributed by atoms with Crippen LogP contribution < -0.4 is 15.8 Å². The van der Waals surface area contributed by atoms with E-state index in [1.807, 2.05) is 0 Å². The fraction of sp³-hybridized carbons (Fsp3) is 0.533. The largest absolute Gasteiger partial charge is 0.481 e. The maximum absolute atomic E-state index is 12.1. The van der Waals surface area contributed by atoms with E-state index < -0.39 is 6.10 Å². The van der Waals surface area contributed by atoms with Crippen molar-refractivity contribution < 1.29 is 9.53 Å². The third-order valence-electron chi connectivity index (χ3n) is 3.53. The molecule has 1 saturated carbocycles. The molecule has 1 amide bonds. The van der Waals surface area contributed by atoms with Gasteiger partial charge in [0.2, 0.25) is 0 Å². The summed E-state index contributed by atoms with van der Waals surface area (Å²) in [5.41, 5.74) is 6.36. The molecule has 1 unspecified atom stereocenters. The first-order valence-corrected chi connectivity index (χ1v) is 7.87. The number of hydrogen-bond acceptors (Lipinski definition) is 3. The number of benzene rings is 1. The molecule has 0 aliphatic heterocycles. The van der Waals surface area contributed by atoms with Crippen molar-refractivity contribution in [3.8, 4) is 5.75 Å². The van der Waals surface area contributed by atoms with Crippen LogP contribution in [0.2, 0.25) is 0 Å². The van der Waals surface area contributed by atoms with Gasteiger partial charge in [0, 0.05) is 22.3 Å². The van der Waals surface area contributed by atoms with Crippen LogP contribution in [0.1, 0.15) is 39.0 Å². The number of nitrogens with two attached hydrogens (primary N) is 1. The molecule has 0 bridgehead atoms. The van der Waals surface area contributed by atoms with Gasteiger partial charge in [-0.25, -0.2) is 0 Å². The summed E-state index contributed by atoms with van der Waals surface area (Å²) in [7, 11) is 0. The highest BCUT2D eigenvalue weighted by Gasteiger charge is 2.20. The quantitative estimate of drug-likeness (QED) is 0.827. The second kappa shape index (κ2) is 6.97. The molecule has 0 spiro atoms. The molecule has 1 aliphatic rings. The molecule has 1 aromatic rings. The van der Waals surface area contributed by atoms with Crippen molar-refractivity contribution in [2.24, 2.45) is 0 Å². The van der Waals surface area contributed by atoms with Gasteiger partial charge < -0.3 is 15.8 Å². The number of anilines is 1. The summed E-state index contributed by atoms with van der Waals surface area (Å²) in [5.74, 6) is 0.540. The lowest BCUT2D eigenvalue weighted by Crippen LogP contribution is -2.43. The zero-order valence-corrected chi connectivity index (χ0v) is 13.3. The van der Waals surface area contributed by atoms with E-state index in [4.69, 9.17) is 10.5 Å². The van der Waals surface area contributed by atoms with Crippen molar-refractivity contribution in [2.75, 3.05) is 5.73 Å². The Kier molecular flexibility index (Phi) is 5.29. The summed E-state index contributed by atoms with van der Waals surface area (Å²) in [4.78, 5) is 12.1. The first-order chi connectivity index (χ1) is 9.54. The average molecular weight is 341 g/mol. The Labute approximate surface area is 128 Å². The molecule has 5 heteroatoms. The second-order valence-electron chi connectivity index (χ2n) is 5.32. The molecule has 3 N–H and O–H groups in total. The molecule has 0 radical (unpaired) electrons. The maximum atomic E-state index is 12.1. The minimum absolute atomic E-state index is 0.0598. The predicted molar refractivity (Wildman–Crippen MR) is 83.7 cm³/mol. The first-order valence-electron chi connectivity index (χ1n) is 7.07. The molecule has 1 aromatic carbocycles. The van der Waals surface area contributed by atoms with Gasteiger partial charge >= 0.3 is 0 Å². The topological polar surface area (TPSA) is 64.3 Å². The lowest BCUT2D eigenvalue weighted by molar-refractivity contribution is -0.128. The molecule has 0 heterocycles. The minimum Gasteiger partial charge on any atom is -0.481 e. The lowest BCUT2D eigenvalue weighted by Gasteiger charge is -2.24. The number of nitrogen functional groups attached to an aromatic ring is 1. The number of amides is 1. The van der Waals surface area contributed by atoms with Gasteiger partial charge in [-0.15, -0.1) is 0 Å². The Bertz CT molecular complexity index is 453. The number of carbonyl (C=O) groups excluding carboxylic acids is 1. The summed E-state index contributed by atoms with van der Waals surface area (Å²) >= 11 is 3.36. The fourth-order valence-electron chi connectivity index (χ4n) is 2.48. The molecule has 2 rings (SSSR count). The molecule has 0 saturated heterocycles. The smallest absolute Gasteiger partial charge is 0.260 e. The second-order valence-corrected chi connectivity index (χ2v) is 6.24. The molecule has 110 valence electrons. The molecular formula is C15H21BrN2O2. The van der Waals surface area contributed by atoms with Crippen LogP contribution in [-0.4, -0.2) is 18.1 Å². The third-order valence-corrected chi connectivity index (χ3v) is 3.99. The van der Waals surface area contributed by atoms with E-state index in [1.54, 1.807) is 25.1 Å². The summed E-state index contributed by atoms with van der Waals surface area (Å²) in [6.07, 6.45) is 5.29. The Morgan fingerprint density at radius 2 is 2.05 bits per heavy atom. The van der Waals surface area contributed by atoms with E-state index in [-0.39, 0.29) is 5.91 Å². The van der Waals surface area contributed by atoms with Crippen molar-refractivity contribution in [1.82, 2.24) is 5.32 Å². The molecule has 0 aromatic heterocycles. The van der Waals surface area contributed by atoms with E-state index in [0.717, 1.165) is 17.3 Å². The standard InChI is InChI=1S/C15H21BrN2O2/c1-10(15(19)18-13-5-3-2-4-6-13)20-14-8-11(16)7-12(17)9-14/h7-10,13H,2-6,17H2,1H3,(H,18,19). The van der Waals surface area contributed by atoms with Crippen LogP contribution in [-0.2, 0) is 4.79 Å². The van der Waals surface area contributed by atoms with Crippen molar-refractivity contribution in [3.05, 3.63) is 22.7 Å². The third kappa shape index (κ3) is 4.40. The number of nitrogens with one attached hydrogen (secondary N) is 1. The van der Waals surface area contributed by atoms with Gasteiger partial charge in [-0.1, -0.05) is 35.2 Å². The van der Waals surface area contributed by atoms with E-state index in [0.29, 0.717) is 17.5 Å². The SMILES string of the molecule is CC(Oc1cc(N)cc(Br)c1)C(=O)NC1CCCCC1. The fourth-order valence-corrected chi connectivity index (χ4v) is 2.97. The van der Waals surface area contributed by atoms with E-state index >= 15 is 0 Å². The first kappa shape index (κ1) is 15.2. The van der Waals surface area contributed by atoms with Crippen LogP contribution in [0.5, 0.6) is 5.75 Å². The molecule has 4 nitrogen and oxygen atoms in total. The van der Waals surface area contributed by atoms with Gasteiger partial charge in [-0.05, 0) is 31.9 Å². The van der Waals surface area contributed by atoms with Gasteiger partial charge in [0.15, 0.2) is 6.10 Å². The molecular weight excluding hydrogens is 320 g/mol. The molecule has 1 atom stereocenters. The zero-order chi connectivity index (χ0) is 14.5. The molecule has 20 heavy (non-hydrogen) atoms. The van der Waals surface area contributed by atoms with Gasteiger partial charge in [0.25, 0.3) is 5.91 Å². The molecule has 1 aliphatic carbocycles. The maximum Gasteiger partial charge on any atom is 0.260 e. The van der Waals surface area contributed by atoms with Gasteiger partial charge in [-0.3, -0.25) is 4.79 Å². The van der Waals surface area contributed by atoms with E-state index in [9.17, 15) is 4.79 Å². The Morgan fingerprint density at radius 1 is 1.35 bits per heavy atom. The zero-order valence-electron chi connectivity index (χ0n) is 11.7. The number of rotatable bonds is 4. The van der Waals surface area contributed by atoms with Gasteiger partial charge in [0.1, 0.15) is 5.75 Å². The summed E-state index contributed by atoms with van der Waals surface area (Å²) in [6, 6.07) is 5.62. The van der Waals surface area contributed by atoms with Gasteiger partial charge in [-0.2, -0.15) is 0 Å². The predicted octanol–water partition coefficient (Wildman–Crippen LogP) is 3.25. The Balaban J connectivity index is 1.89. The van der Waals surface area contributed by atoms with Crippen LogP contribution in [0, 0.1) is 0 Å². The average Bonchev–Trinajstić information content (AvgIpc) is 2.38. The van der Waals surface area contributed by atoms with Crippen molar-refractivity contribution >= 4 is 27.5 Å². The Morgan fingerprint density at radius 3 is 2.70 bits per heavy atom. The van der Waals surface area contributed by atoms with Crippen LogP contribution >= 0.6 is 15.9 Å². The lowest BCUT2D eigenvalue weighted by atomic mass is 9.95. The number of halogens is 1. The Hall–Kier alpha value is -1.23. The monoisotopic (exact) mass is 340 g/mol. The van der Waals surface area contributed by atoms with E-state index in [1.165, 1.54) is 19.3 Å². The molecule has 1 fully saturated rings. The van der Waals surface area contributed by atoms with Crippen molar-refractivity contribution in [3.63, 3.8) is 0 Å². The number of hydrogen-bond donors (Lipinski definition) is 2. The van der Waals surface area contributed by atoms with Gasteiger partial charge in [0.05, 0.1) is 0 Å². The van der Waals surface area contributed by atoms with Crippen LogP contribution in [0.4, 0.5) is 5.69 Å². The van der Waals surface area contributed by atoms with E-state index in [2.05, 4.69) is 21.2 Å². The number of carbonyl (C=O) groups is 1. The highest BCUT2D eigenvalue weighted by atomic mass is 79.9. The summed E-state index contributed by atoms with van der Waals surface area (Å²) < 4.78 is 6.50. The summed E-state index contributed by atoms with van der Waals surface area (Å²) in [5, 5.41) is 3.06. The minimum atomic E-state index is -0.523. The summed E-state index contributed by atoms with van der Waals surface area (Å²) in [6.45, 7) is 1.76. The number of ether oxygens (including phenoxy) is 1. The van der Waals surface area contributed by atoms with Crippen LogP contribution in [0.3, 0.4) is 0 Å². The normalized spacial score (nSPS) is 17.5. The highest BCUT2D eigenvalue weighted by Crippen LogP contribution is 2.24. The highest BCUT2D eigenvalue weighted by molar-refractivity contribution is 9.10. The van der Waals surface area contributed by atoms with Crippen molar-refractivity contribution in [2.45, 2.75) is 51.2 Å². The van der Waals surface area contributed by atoms with Crippen LogP contribution in [0.25, 0.3) is 0 Å².